The SMILES string of the molecule is O=C(Nc1cc(Cl)c(Cl)cn1)N1CCC[C@H]1c1ccncc1. The lowest BCUT2D eigenvalue weighted by molar-refractivity contribution is 0.207. The van der Waals surface area contributed by atoms with E-state index in [2.05, 4.69) is 15.3 Å². The minimum absolute atomic E-state index is 0.0609. The molecule has 0 spiro atoms. The van der Waals surface area contributed by atoms with E-state index in [1.807, 2.05) is 12.1 Å². The molecule has 2 aromatic rings. The van der Waals surface area contributed by atoms with Crippen molar-refractivity contribution in [1.29, 1.82) is 0 Å². The minimum Gasteiger partial charge on any atom is -0.317 e. The van der Waals surface area contributed by atoms with Gasteiger partial charge >= 0.3 is 6.03 Å². The molecule has 114 valence electrons. The van der Waals surface area contributed by atoms with E-state index >= 15 is 0 Å². The lowest BCUT2D eigenvalue weighted by Gasteiger charge is -2.25. The monoisotopic (exact) mass is 336 g/mol. The highest BCUT2D eigenvalue weighted by atomic mass is 35.5. The molecule has 0 bridgehead atoms. The van der Waals surface area contributed by atoms with Crippen molar-refractivity contribution in [2.75, 3.05) is 11.9 Å². The third kappa shape index (κ3) is 3.15. The molecule has 1 fully saturated rings. The van der Waals surface area contributed by atoms with Gasteiger partial charge < -0.3 is 4.90 Å². The molecule has 3 rings (SSSR count). The summed E-state index contributed by atoms with van der Waals surface area (Å²) in [7, 11) is 0. The van der Waals surface area contributed by atoms with Crippen LogP contribution in [0.5, 0.6) is 0 Å². The molecule has 2 amide bonds. The molecule has 1 atom stereocenters. The van der Waals surface area contributed by atoms with Gasteiger partial charge in [0, 0.05) is 31.2 Å². The van der Waals surface area contributed by atoms with Crippen LogP contribution in [0.25, 0.3) is 0 Å². The van der Waals surface area contributed by atoms with Gasteiger partial charge in [0.1, 0.15) is 5.82 Å². The Bertz CT molecular complexity index is 680. The van der Waals surface area contributed by atoms with E-state index in [1.54, 1.807) is 23.4 Å². The van der Waals surface area contributed by atoms with Gasteiger partial charge in [-0.25, -0.2) is 9.78 Å². The van der Waals surface area contributed by atoms with Crippen LogP contribution >= 0.6 is 23.2 Å². The average molecular weight is 337 g/mol. The molecule has 2 aromatic heterocycles. The van der Waals surface area contributed by atoms with E-state index in [-0.39, 0.29) is 12.1 Å². The van der Waals surface area contributed by atoms with Crippen molar-refractivity contribution in [2.45, 2.75) is 18.9 Å². The Morgan fingerprint density at radius 3 is 2.77 bits per heavy atom. The lowest BCUT2D eigenvalue weighted by atomic mass is 10.1. The Morgan fingerprint density at radius 1 is 1.27 bits per heavy atom. The van der Waals surface area contributed by atoms with E-state index in [0.717, 1.165) is 18.4 Å². The van der Waals surface area contributed by atoms with Crippen LogP contribution in [0.4, 0.5) is 10.6 Å². The fourth-order valence-electron chi connectivity index (χ4n) is 2.61. The summed E-state index contributed by atoms with van der Waals surface area (Å²) in [6.45, 7) is 0.708. The summed E-state index contributed by atoms with van der Waals surface area (Å²) in [4.78, 5) is 22.4. The third-order valence-electron chi connectivity index (χ3n) is 3.65. The highest BCUT2D eigenvalue weighted by Gasteiger charge is 2.30. The number of nitrogens with one attached hydrogen (secondary N) is 1. The molecule has 1 saturated heterocycles. The first kappa shape index (κ1) is 15.1. The number of rotatable bonds is 2. The second-order valence-corrected chi connectivity index (χ2v) is 5.86. The number of anilines is 1. The molecule has 7 heteroatoms. The molecule has 0 saturated carbocycles. The van der Waals surface area contributed by atoms with Crippen LogP contribution in [0.2, 0.25) is 10.0 Å². The maximum atomic E-state index is 12.5. The Morgan fingerprint density at radius 2 is 2.05 bits per heavy atom. The topological polar surface area (TPSA) is 58.1 Å². The number of aromatic nitrogens is 2. The van der Waals surface area contributed by atoms with E-state index in [1.165, 1.54) is 6.20 Å². The molecule has 1 N–H and O–H groups in total. The largest absolute Gasteiger partial charge is 0.323 e. The zero-order valence-electron chi connectivity index (χ0n) is 11.7. The number of nitrogens with zero attached hydrogens (tertiary/aromatic N) is 3. The second kappa shape index (κ2) is 6.50. The number of urea groups is 1. The molecule has 0 unspecified atom stereocenters. The smallest absolute Gasteiger partial charge is 0.317 e. The quantitative estimate of drug-likeness (QED) is 0.895. The lowest BCUT2D eigenvalue weighted by Crippen LogP contribution is -2.34. The zero-order chi connectivity index (χ0) is 15.5. The number of carbonyl (C=O) groups is 1. The van der Waals surface area contributed by atoms with E-state index < -0.39 is 0 Å². The molecular formula is C15H14Cl2N4O. The van der Waals surface area contributed by atoms with Crippen molar-refractivity contribution in [2.24, 2.45) is 0 Å². The standard InChI is InChI=1S/C15H14Cl2N4O/c16-11-8-14(19-9-12(11)17)20-15(22)21-7-1-2-13(21)10-3-5-18-6-4-10/h3-6,8-9,13H,1-2,7H2,(H,19,20,22)/t13-/m0/s1. The van der Waals surface area contributed by atoms with Gasteiger partial charge in [-0.3, -0.25) is 10.3 Å². The Hall–Kier alpha value is -1.85. The molecular weight excluding hydrogens is 323 g/mol. The predicted molar refractivity (Wildman–Crippen MR) is 86.2 cm³/mol. The van der Waals surface area contributed by atoms with Crippen LogP contribution in [0, 0.1) is 0 Å². The number of halogens is 2. The van der Waals surface area contributed by atoms with E-state index in [4.69, 9.17) is 23.2 Å². The van der Waals surface area contributed by atoms with Crippen molar-refractivity contribution in [3.05, 3.63) is 52.4 Å². The molecule has 0 radical (unpaired) electrons. The molecule has 1 aliphatic rings. The Kier molecular flexibility index (Phi) is 4.45. The number of likely N-dealkylation sites (tertiary alicyclic amines) is 1. The first-order valence-corrected chi connectivity index (χ1v) is 7.69. The maximum absolute atomic E-state index is 12.5. The van der Waals surface area contributed by atoms with Crippen LogP contribution in [-0.2, 0) is 0 Å². The summed E-state index contributed by atoms with van der Waals surface area (Å²) in [5, 5.41) is 3.49. The normalized spacial score (nSPS) is 17.5. The number of hydrogen-bond acceptors (Lipinski definition) is 3. The van der Waals surface area contributed by atoms with Gasteiger partial charge in [0.15, 0.2) is 0 Å². The number of amides is 2. The minimum atomic E-state index is -0.190. The molecule has 1 aliphatic heterocycles. The van der Waals surface area contributed by atoms with Crippen LogP contribution in [0.1, 0.15) is 24.4 Å². The number of pyridine rings is 2. The van der Waals surface area contributed by atoms with Gasteiger partial charge in [-0.15, -0.1) is 0 Å². The van der Waals surface area contributed by atoms with Gasteiger partial charge in [0.25, 0.3) is 0 Å². The first-order chi connectivity index (χ1) is 10.6. The number of carbonyl (C=O) groups excluding carboxylic acids is 1. The van der Waals surface area contributed by atoms with Crippen molar-refractivity contribution < 1.29 is 4.79 Å². The summed E-state index contributed by atoms with van der Waals surface area (Å²) in [6.07, 6.45) is 6.81. The van der Waals surface area contributed by atoms with Crippen LogP contribution in [0.15, 0.2) is 36.8 Å². The van der Waals surface area contributed by atoms with Gasteiger partial charge in [-0.2, -0.15) is 0 Å². The van der Waals surface area contributed by atoms with Gasteiger partial charge in [-0.1, -0.05) is 23.2 Å². The molecule has 22 heavy (non-hydrogen) atoms. The summed E-state index contributed by atoms with van der Waals surface area (Å²) in [6, 6.07) is 5.29. The summed E-state index contributed by atoms with van der Waals surface area (Å²) in [5.41, 5.74) is 1.09. The van der Waals surface area contributed by atoms with Crippen LogP contribution in [-0.4, -0.2) is 27.4 Å². The van der Waals surface area contributed by atoms with Gasteiger partial charge in [0.05, 0.1) is 16.1 Å². The summed E-state index contributed by atoms with van der Waals surface area (Å²) >= 11 is 11.8. The fourth-order valence-corrected chi connectivity index (χ4v) is 2.86. The fraction of sp³-hybridized carbons (Fsp3) is 0.267. The predicted octanol–water partition coefficient (Wildman–Crippen LogP) is 4.15. The second-order valence-electron chi connectivity index (χ2n) is 5.05. The van der Waals surface area contributed by atoms with Crippen molar-refractivity contribution in [3.8, 4) is 0 Å². The van der Waals surface area contributed by atoms with Crippen molar-refractivity contribution in [1.82, 2.24) is 14.9 Å². The van der Waals surface area contributed by atoms with Crippen LogP contribution < -0.4 is 5.32 Å². The van der Waals surface area contributed by atoms with Gasteiger partial charge in [-0.05, 0) is 30.5 Å². The Balaban J connectivity index is 1.75. The molecule has 0 aliphatic carbocycles. The average Bonchev–Trinajstić information content (AvgIpc) is 3.01. The van der Waals surface area contributed by atoms with Crippen LogP contribution in [0.3, 0.4) is 0 Å². The van der Waals surface area contributed by atoms with E-state index in [0.29, 0.717) is 22.4 Å². The molecule has 0 aromatic carbocycles. The van der Waals surface area contributed by atoms with Crippen molar-refractivity contribution >= 4 is 35.1 Å². The Labute approximate surface area is 138 Å². The van der Waals surface area contributed by atoms with Gasteiger partial charge in [0.2, 0.25) is 0 Å². The molecule has 3 heterocycles. The van der Waals surface area contributed by atoms with Crippen molar-refractivity contribution in [3.63, 3.8) is 0 Å². The summed E-state index contributed by atoms with van der Waals surface area (Å²) < 4.78 is 0. The zero-order valence-corrected chi connectivity index (χ0v) is 13.2. The maximum Gasteiger partial charge on any atom is 0.323 e. The highest BCUT2D eigenvalue weighted by molar-refractivity contribution is 6.42. The molecule has 5 nitrogen and oxygen atoms in total. The summed E-state index contributed by atoms with van der Waals surface area (Å²) in [5.74, 6) is 0.389. The van der Waals surface area contributed by atoms with E-state index in [9.17, 15) is 4.79 Å². The highest BCUT2D eigenvalue weighted by Crippen LogP contribution is 2.32. The first-order valence-electron chi connectivity index (χ1n) is 6.94. The third-order valence-corrected chi connectivity index (χ3v) is 4.36. The number of hydrogen-bond donors (Lipinski definition) is 1.